The summed E-state index contributed by atoms with van der Waals surface area (Å²) in [6, 6.07) is -3.03. The Bertz CT molecular complexity index is 765. The summed E-state index contributed by atoms with van der Waals surface area (Å²) in [4.78, 5) is 59.8. The van der Waals surface area contributed by atoms with Gasteiger partial charge in [0, 0.05) is 12.8 Å². The molecule has 4 amide bonds. The van der Waals surface area contributed by atoms with E-state index < -0.39 is 54.8 Å². The number of aliphatic carboxylic acids is 2. The van der Waals surface area contributed by atoms with E-state index in [9.17, 15) is 24.0 Å². The molecule has 160 valence electrons. The Morgan fingerprint density at radius 3 is 2.38 bits per heavy atom. The Morgan fingerprint density at radius 1 is 1.10 bits per heavy atom. The van der Waals surface area contributed by atoms with Crippen LogP contribution < -0.4 is 27.4 Å². The monoisotopic (exact) mass is 415 g/mol. The van der Waals surface area contributed by atoms with E-state index in [-0.39, 0.29) is 31.1 Å². The zero-order valence-electron chi connectivity index (χ0n) is 15.1. The molecule has 0 bridgehead atoms. The summed E-state index contributed by atoms with van der Waals surface area (Å²) in [5.41, 5.74) is 10.7. The maximum Gasteiger partial charge on any atom is 0.322 e. The van der Waals surface area contributed by atoms with Gasteiger partial charge in [0.15, 0.2) is 5.82 Å². The normalized spacial score (nSPS) is 12.4. The molecule has 0 aromatic carbocycles. The van der Waals surface area contributed by atoms with E-state index in [0.717, 1.165) is 0 Å². The quantitative estimate of drug-likeness (QED) is 0.183. The first-order valence-electron chi connectivity index (χ1n) is 8.20. The number of carboxylic acid groups (broad SMARTS) is 2. The van der Waals surface area contributed by atoms with E-state index in [1.165, 1.54) is 0 Å². The number of nitrogens with two attached hydrogens (primary N) is 2. The molecule has 0 saturated carbocycles. The number of nitrogens with one attached hydrogen (secondary N) is 3. The molecule has 15 heteroatoms. The lowest BCUT2D eigenvalue weighted by molar-refractivity contribution is -0.139. The molecule has 2 atom stereocenters. The van der Waals surface area contributed by atoms with E-state index in [1.54, 1.807) is 0 Å². The van der Waals surface area contributed by atoms with Gasteiger partial charge in [0.25, 0.3) is 0 Å². The van der Waals surface area contributed by atoms with Crippen molar-refractivity contribution >= 4 is 29.8 Å². The van der Waals surface area contributed by atoms with E-state index in [4.69, 9.17) is 26.2 Å². The van der Waals surface area contributed by atoms with Crippen LogP contribution in [-0.2, 0) is 25.7 Å². The van der Waals surface area contributed by atoms with Crippen molar-refractivity contribution in [1.82, 2.24) is 26.1 Å². The number of carbonyl (C=O) groups is 5. The maximum absolute atomic E-state index is 12.0. The number of rotatable bonds is 12. The van der Waals surface area contributed by atoms with Crippen LogP contribution in [0.25, 0.3) is 0 Å². The zero-order valence-corrected chi connectivity index (χ0v) is 15.1. The Kier molecular flexibility index (Phi) is 8.97. The second-order valence-electron chi connectivity index (χ2n) is 5.75. The minimum absolute atomic E-state index is 0.00777. The highest BCUT2D eigenvalue weighted by Crippen LogP contribution is 2.09. The van der Waals surface area contributed by atoms with Crippen LogP contribution in [-0.4, -0.2) is 62.7 Å². The maximum atomic E-state index is 12.0. The molecular weight excluding hydrogens is 394 g/mol. The molecule has 0 saturated heterocycles. The SMILES string of the molecule is NC(=O)CC(N)c1noc(CNC(=O)NC(CCC(=O)O)C(=O)NCC(=O)O)n1. The largest absolute Gasteiger partial charge is 0.481 e. The molecule has 9 N–H and O–H groups in total. The van der Waals surface area contributed by atoms with Gasteiger partial charge in [-0.25, -0.2) is 4.79 Å². The number of primary amides is 1. The number of urea groups is 1. The summed E-state index contributed by atoms with van der Waals surface area (Å²) in [5, 5.41) is 27.4. The molecule has 29 heavy (non-hydrogen) atoms. The fourth-order valence-electron chi connectivity index (χ4n) is 1.99. The number of aromatic nitrogens is 2. The van der Waals surface area contributed by atoms with Gasteiger partial charge < -0.3 is 42.2 Å². The Hall–Kier alpha value is -3.75. The highest BCUT2D eigenvalue weighted by atomic mass is 16.5. The topological polar surface area (TPSA) is 253 Å². The second kappa shape index (κ2) is 11.2. The molecule has 15 nitrogen and oxygen atoms in total. The Labute approximate surface area is 163 Å². The lowest BCUT2D eigenvalue weighted by Gasteiger charge is -2.17. The molecule has 0 aliphatic carbocycles. The van der Waals surface area contributed by atoms with Crippen LogP contribution in [0, 0.1) is 0 Å². The van der Waals surface area contributed by atoms with Gasteiger partial charge in [-0.15, -0.1) is 0 Å². The predicted octanol–water partition coefficient (Wildman–Crippen LogP) is -2.82. The number of hydrogen-bond acceptors (Lipinski definition) is 9. The number of hydrogen-bond donors (Lipinski definition) is 7. The fraction of sp³-hybridized carbons (Fsp3) is 0.500. The van der Waals surface area contributed by atoms with Crippen LogP contribution >= 0.6 is 0 Å². The molecule has 0 radical (unpaired) electrons. The molecule has 1 aromatic heterocycles. The lowest BCUT2D eigenvalue weighted by Crippen LogP contribution is -2.50. The van der Waals surface area contributed by atoms with Crippen molar-refractivity contribution in [3.8, 4) is 0 Å². The first kappa shape index (κ1) is 23.3. The van der Waals surface area contributed by atoms with Crippen molar-refractivity contribution in [3.63, 3.8) is 0 Å². The molecule has 1 heterocycles. The molecule has 0 spiro atoms. The summed E-state index contributed by atoms with van der Waals surface area (Å²) in [5.74, 6) is -4.06. The van der Waals surface area contributed by atoms with E-state index in [2.05, 4.69) is 26.1 Å². The standard InChI is InChI=1S/C14H21N7O8/c15-6(3-8(16)22)12-20-9(29-21-12)4-18-14(28)19-7(1-2-10(23)24)13(27)17-5-11(25)26/h6-7H,1-5,15H2,(H2,16,22)(H,17,27)(H,23,24)(H,25,26)(H2,18,19,28). The minimum Gasteiger partial charge on any atom is -0.481 e. The van der Waals surface area contributed by atoms with Crippen LogP contribution in [0.1, 0.15) is 37.0 Å². The van der Waals surface area contributed by atoms with Gasteiger partial charge in [0.05, 0.1) is 12.6 Å². The first-order chi connectivity index (χ1) is 13.6. The van der Waals surface area contributed by atoms with Crippen molar-refractivity contribution in [3.05, 3.63) is 11.7 Å². The van der Waals surface area contributed by atoms with Gasteiger partial charge >= 0.3 is 18.0 Å². The van der Waals surface area contributed by atoms with Crippen LogP contribution in [0.3, 0.4) is 0 Å². The zero-order chi connectivity index (χ0) is 22.0. The van der Waals surface area contributed by atoms with Gasteiger partial charge in [0.2, 0.25) is 17.7 Å². The molecule has 1 rings (SSSR count). The van der Waals surface area contributed by atoms with Crippen LogP contribution in [0.5, 0.6) is 0 Å². The predicted molar refractivity (Wildman–Crippen MR) is 91.7 cm³/mol. The van der Waals surface area contributed by atoms with Gasteiger partial charge in [-0.3, -0.25) is 19.2 Å². The fourth-order valence-corrected chi connectivity index (χ4v) is 1.99. The van der Waals surface area contributed by atoms with E-state index in [0.29, 0.717) is 0 Å². The highest BCUT2D eigenvalue weighted by Gasteiger charge is 2.23. The van der Waals surface area contributed by atoms with E-state index in [1.807, 2.05) is 0 Å². The Balaban J connectivity index is 2.60. The van der Waals surface area contributed by atoms with Gasteiger partial charge in [-0.1, -0.05) is 5.16 Å². The summed E-state index contributed by atoms with van der Waals surface area (Å²) < 4.78 is 4.86. The number of carboxylic acids is 2. The van der Waals surface area contributed by atoms with Gasteiger partial charge in [-0.2, -0.15) is 4.98 Å². The van der Waals surface area contributed by atoms with Crippen molar-refractivity contribution in [2.45, 2.75) is 37.9 Å². The van der Waals surface area contributed by atoms with Gasteiger partial charge in [-0.05, 0) is 6.42 Å². The molecule has 1 aromatic rings. The Morgan fingerprint density at radius 2 is 1.79 bits per heavy atom. The summed E-state index contributed by atoms with van der Waals surface area (Å²) in [6.07, 6.45) is -0.902. The van der Waals surface area contributed by atoms with Crippen LogP contribution in [0.15, 0.2) is 4.52 Å². The second-order valence-corrected chi connectivity index (χ2v) is 5.75. The molecular formula is C14H21N7O8. The molecule has 0 fully saturated rings. The van der Waals surface area contributed by atoms with E-state index >= 15 is 0 Å². The van der Waals surface area contributed by atoms with Crippen molar-refractivity contribution in [2.24, 2.45) is 11.5 Å². The van der Waals surface area contributed by atoms with Gasteiger partial charge in [0.1, 0.15) is 12.6 Å². The summed E-state index contributed by atoms with van der Waals surface area (Å²) >= 11 is 0. The minimum atomic E-state index is -1.30. The first-order valence-corrected chi connectivity index (χ1v) is 8.20. The number of amides is 4. The number of nitrogens with zero attached hydrogens (tertiary/aromatic N) is 2. The average Bonchev–Trinajstić information content (AvgIpc) is 3.09. The molecule has 0 aliphatic rings. The molecule has 2 unspecified atom stereocenters. The third kappa shape index (κ3) is 9.14. The number of carbonyl (C=O) groups excluding carboxylic acids is 3. The van der Waals surface area contributed by atoms with Crippen molar-refractivity contribution in [2.75, 3.05) is 6.54 Å². The molecule has 0 aliphatic heterocycles. The lowest BCUT2D eigenvalue weighted by atomic mass is 10.1. The third-order valence-electron chi connectivity index (χ3n) is 3.32. The van der Waals surface area contributed by atoms with Crippen LogP contribution in [0.4, 0.5) is 4.79 Å². The average molecular weight is 415 g/mol. The summed E-state index contributed by atoms with van der Waals surface area (Å²) in [7, 11) is 0. The highest BCUT2D eigenvalue weighted by molar-refractivity contribution is 5.89. The smallest absolute Gasteiger partial charge is 0.322 e. The summed E-state index contributed by atoms with van der Waals surface area (Å²) in [6.45, 7) is -0.952. The van der Waals surface area contributed by atoms with Crippen molar-refractivity contribution < 1.29 is 38.7 Å². The third-order valence-corrected chi connectivity index (χ3v) is 3.32. The van der Waals surface area contributed by atoms with Crippen LogP contribution in [0.2, 0.25) is 0 Å². The van der Waals surface area contributed by atoms with Crippen molar-refractivity contribution in [1.29, 1.82) is 0 Å².